The van der Waals surface area contributed by atoms with E-state index in [1.54, 1.807) is 0 Å². The van der Waals surface area contributed by atoms with Gasteiger partial charge in [0.15, 0.2) is 0 Å². The van der Waals surface area contributed by atoms with Crippen LogP contribution in [0, 0.1) is 0 Å². The highest BCUT2D eigenvalue weighted by Crippen LogP contribution is 2.18. The van der Waals surface area contributed by atoms with Crippen molar-refractivity contribution in [2.24, 2.45) is 0 Å². The first-order valence-electron chi connectivity index (χ1n) is 5.08. The molecule has 0 aromatic rings. The van der Waals surface area contributed by atoms with Gasteiger partial charge < -0.3 is 10.0 Å². The van der Waals surface area contributed by atoms with Gasteiger partial charge in [-0.1, -0.05) is 12.8 Å². The smallest absolute Gasteiger partial charge is 0.0527 e. The predicted octanol–water partition coefficient (Wildman–Crippen LogP) is 1.63. The first kappa shape index (κ1) is 10.0. The van der Waals surface area contributed by atoms with Crippen molar-refractivity contribution in [3.63, 3.8) is 0 Å². The molecule has 2 unspecified atom stereocenters. The topological polar surface area (TPSA) is 23.5 Å². The van der Waals surface area contributed by atoms with E-state index in [9.17, 15) is 5.11 Å². The fourth-order valence-corrected chi connectivity index (χ4v) is 2.01. The lowest BCUT2D eigenvalue weighted by atomic mass is 10.0. The average molecular weight is 171 g/mol. The number of hydrogen-bond donors (Lipinski definition) is 1. The molecule has 2 atom stereocenters. The first-order chi connectivity index (χ1) is 5.70. The highest BCUT2D eigenvalue weighted by Gasteiger charge is 2.18. The number of aliphatic hydroxyl groups is 1. The SMILES string of the molecule is CC(O)CC1CCCCCN1C. The van der Waals surface area contributed by atoms with Crippen LogP contribution in [0.15, 0.2) is 0 Å². The Bertz CT molecular complexity index is 125. The molecule has 2 heteroatoms. The van der Waals surface area contributed by atoms with Gasteiger partial charge in [-0.3, -0.25) is 0 Å². The molecule has 1 saturated heterocycles. The third kappa shape index (κ3) is 3.11. The van der Waals surface area contributed by atoms with Crippen molar-refractivity contribution in [3.05, 3.63) is 0 Å². The fourth-order valence-electron chi connectivity index (χ4n) is 2.01. The van der Waals surface area contributed by atoms with Gasteiger partial charge >= 0.3 is 0 Å². The summed E-state index contributed by atoms with van der Waals surface area (Å²) in [7, 11) is 2.18. The predicted molar refractivity (Wildman–Crippen MR) is 51.2 cm³/mol. The van der Waals surface area contributed by atoms with Crippen molar-refractivity contribution < 1.29 is 5.11 Å². The number of nitrogens with zero attached hydrogens (tertiary/aromatic N) is 1. The minimum atomic E-state index is -0.143. The van der Waals surface area contributed by atoms with Gasteiger partial charge in [0.2, 0.25) is 0 Å². The van der Waals surface area contributed by atoms with Gasteiger partial charge in [0.25, 0.3) is 0 Å². The van der Waals surface area contributed by atoms with Crippen LogP contribution < -0.4 is 0 Å². The minimum absolute atomic E-state index is 0.143. The van der Waals surface area contributed by atoms with Crippen LogP contribution in [0.3, 0.4) is 0 Å². The maximum absolute atomic E-state index is 9.29. The second kappa shape index (κ2) is 4.83. The third-order valence-electron chi connectivity index (χ3n) is 2.78. The van der Waals surface area contributed by atoms with Crippen LogP contribution in [0.4, 0.5) is 0 Å². The van der Waals surface area contributed by atoms with Crippen molar-refractivity contribution in [2.45, 2.75) is 51.2 Å². The van der Waals surface area contributed by atoms with E-state index in [4.69, 9.17) is 0 Å². The lowest BCUT2D eigenvalue weighted by Gasteiger charge is -2.26. The van der Waals surface area contributed by atoms with Crippen LogP contribution in [0.25, 0.3) is 0 Å². The standard InChI is InChI=1S/C10H21NO/c1-9(12)8-10-6-4-3-5-7-11(10)2/h9-10,12H,3-8H2,1-2H3. The molecule has 0 aromatic carbocycles. The van der Waals surface area contributed by atoms with Gasteiger partial charge in [-0.2, -0.15) is 0 Å². The zero-order chi connectivity index (χ0) is 8.97. The summed E-state index contributed by atoms with van der Waals surface area (Å²) >= 11 is 0. The molecule has 0 radical (unpaired) electrons. The molecule has 0 saturated carbocycles. The molecule has 0 bridgehead atoms. The van der Waals surface area contributed by atoms with E-state index in [0.717, 1.165) is 6.42 Å². The van der Waals surface area contributed by atoms with Crippen molar-refractivity contribution in [2.75, 3.05) is 13.6 Å². The van der Waals surface area contributed by atoms with Gasteiger partial charge in [0.1, 0.15) is 0 Å². The van der Waals surface area contributed by atoms with E-state index in [-0.39, 0.29) is 6.10 Å². The molecule has 1 heterocycles. The summed E-state index contributed by atoms with van der Waals surface area (Å²) in [5.41, 5.74) is 0. The van der Waals surface area contributed by atoms with Gasteiger partial charge in [0.05, 0.1) is 6.10 Å². The first-order valence-corrected chi connectivity index (χ1v) is 5.08. The highest BCUT2D eigenvalue weighted by molar-refractivity contribution is 4.74. The summed E-state index contributed by atoms with van der Waals surface area (Å²) in [4.78, 5) is 2.40. The molecule has 1 aliphatic heterocycles. The number of aliphatic hydroxyl groups excluding tert-OH is 1. The Morgan fingerprint density at radius 3 is 2.83 bits per heavy atom. The van der Waals surface area contributed by atoms with Crippen molar-refractivity contribution in [1.29, 1.82) is 0 Å². The molecule has 2 nitrogen and oxygen atoms in total. The number of hydrogen-bond acceptors (Lipinski definition) is 2. The maximum atomic E-state index is 9.29. The Hall–Kier alpha value is -0.0800. The fraction of sp³-hybridized carbons (Fsp3) is 1.00. The van der Waals surface area contributed by atoms with Gasteiger partial charge in [-0.05, 0) is 39.8 Å². The summed E-state index contributed by atoms with van der Waals surface area (Å²) < 4.78 is 0. The van der Waals surface area contributed by atoms with E-state index in [1.807, 2.05) is 6.92 Å². The summed E-state index contributed by atoms with van der Waals surface area (Å²) in [6.07, 6.45) is 6.09. The molecule has 1 fully saturated rings. The summed E-state index contributed by atoms with van der Waals surface area (Å²) in [5.74, 6) is 0. The van der Waals surface area contributed by atoms with E-state index in [1.165, 1.54) is 32.2 Å². The Kier molecular flexibility index (Phi) is 4.02. The Balaban J connectivity index is 2.36. The quantitative estimate of drug-likeness (QED) is 0.682. The highest BCUT2D eigenvalue weighted by atomic mass is 16.3. The Morgan fingerprint density at radius 2 is 2.17 bits per heavy atom. The van der Waals surface area contributed by atoms with E-state index >= 15 is 0 Å². The zero-order valence-corrected chi connectivity index (χ0v) is 8.29. The summed E-state index contributed by atoms with van der Waals surface area (Å²) in [6, 6.07) is 0.618. The Labute approximate surface area is 75.6 Å². The second-order valence-electron chi connectivity index (χ2n) is 4.07. The summed E-state index contributed by atoms with van der Waals surface area (Å²) in [6.45, 7) is 3.09. The lowest BCUT2D eigenvalue weighted by Crippen LogP contribution is -2.33. The van der Waals surface area contributed by atoms with E-state index < -0.39 is 0 Å². The molecule has 12 heavy (non-hydrogen) atoms. The molecule has 0 aromatic heterocycles. The lowest BCUT2D eigenvalue weighted by molar-refractivity contribution is 0.127. The zero-order valence-electron chi connectivity index (χ0n) is 8.29. The molecular formula is C10H21NO. The molecule has 1 aliphatic rings. The van der Waals surface area contributed by atoms with Gasteiger partial charge in [-0.25, -0.2) is 0 Å². The van der Waals surface area contributed by atoms with E-state index in [2.05, 4.69) is 11.9 Å². The normalized spacial score (nSPS) is 29.8. The number of rotatable bonds is 2. The average Bonchev–Trinajstić information content (AvgIpc) is 2.16. The monoisotopic (exact) mass is 171 g/mol. The maximum Gasteiger partial charge on any atom is 0.0527 e. The largest absolute Gasteiger partial charge is 0.393 e. The molecule has 0 amide bonds. The summed E-state index contributed by atoms with van der Waals surface area (Å²) in [5, 5.41) is 9.29. The van der Waals surface area contributed by atoms with Crippen LogP contribution in [-0.4, -0.2) is 35.7 Å². The number of likely N-dealkylation sites (tertiary alicyclic amines) is 1. The molecule has 1 N–H and O–H groups in total. The molecule has 72 valence electrons. The van der Waals surface area contributed by atoms with Crippen molar-refractivity contribution in [1.82, 2.24) is 4.90 Å². The van der Waals surface area contributed by atoms with Crippen LogP contribution in [0.1, 0.15) is 39.0 Å². The molecule has 1 rings (SSSR count). The Morgan fingerprint density at radius 1 is 1.42 bits per heavy atom. The van der Waals surface area contributed by atoms with Crippen LogP contribution >= 0.6 is 0 Å². The van der Waals surface area contributed by atoms with E-state index in [0.29, 0.717) is 6.04 Å². The van der Waals surface area contributed by atoms with Crippen LogP contribution in [0.5, 0.6) is 0 Å². The van der Waals surface area contributed by atoms with Crippen LogP contribution in [-0.2, 0) is 0 Å². The molecule has 0 spiro atoms. The molecular weight excluding hydrogens is 150 g/mol. The molecule has 0 aliphatic carbocycles. The van der Waals surface area contributed by atoms with Crippen LogP contribution in [0.2, 0.25) is 0 Å². The second-order valence-corrected chi connectivity index (χ2v) is 4.07. The van der Waals surface area contributed by atoms with Crippen molar-refractivity contribution in [3.8, 4) is 0 Å². The third-order valence-corrected chi connectivity index (χ3v) is 2.78. The van der Waals surface area contributed by atoms with Gasteiger partial charge in [-0.15, -0.1) is 0 Å². The minimum Gasteiger partial charge on any atom is -0.393 e. The van der Waals surface area contributed by atoms with Gasteiger partial charge in [0, 0.05) is 6.04 Å². The van der Waals surface area contributed by atoms with Crippen molar-refractivity contribution >= 4 is 0 Å².